The highest BCUT2D eigenvalue weighted by Gasteiger charge is 2.21. The molecule has 0 unspecified atom stereocenters. The van der Waals surface area contributed by atoms with Gasteiger partial charge in [-0.1, -0.05) is 228 Å². The minimum atomic E-state index is 0.573. The second kappa shape index (κ2) is 45.1. The molecule has 0 aliphatic rings. The highest BCUT2D eigenvalue weighted by atomic mass is 16.5. The Bertz CT molecular complexity index is 3110. The summed E-state index contributed by atoms with van der Waals surface area (Å²) >= 11 is 0. The Kier molecular flexibility index (Phi) is 34.8. The van der Waals surface area contributed by atoms with E-state index in [1.807, 2.05) is 146 Å². The Morgan fingerprint density at radius 1 is 0.167 bits per heavy atom. The second-order valence-electron chi connectivity index (χ2n) is 24.4. The second-order valence-corrected chi connectivity index (χ2v) is 24.4. The third-order valence-electron chi connectivity index (χ3n) is 16.2. The van der Waals surface area contributed by atoms with E-state index in [0.29, 0.717) is 73.0 Å². The molecular weight excluding hydrogens is 1180 g/mol. The Balaban J connectivity index is 1.51. The van der Waals surface area contributed by atoms with Gasteiger partial charge in [0.05, 0.1) is 73.0 Å². The predicted molar refractivity (Wildman–Crippen MR) is 399 cm³/mol. The first-order valence-electron chi connectivity index (χ1n) is 36.1. The summed E-state index contributed by atoms with van der Waals surface area (Å²) < 4.78 is 37.2. The van der Waals surface area contributed by atoms with Crippen LogP contribution in [0.4, 0.5) is 0 Å². The third-order valence-corrected chi connectivity index (χ3v) is 16.2. The molecule has 0 saturated carbocycles. The molecule has 0 radical (unpaired) electrons. The van der Waals surface area contributed by atoms with Crippen LogP contribution in [-0.2, 0) is 0 Å². The highest BCUT2D eigenvalue weighted by Crippen LogP contribution is 2.30. The molecule has 0 heterocycles. The largest absolute Gasteiger partial charge is 0.494 e. The quantitative estimate of drug-likeness (QED) is 0.0288. The van der Waals surface area contributed by atoms with Crippen LogP contribution in [-0.4, -0.2) is 39.6 Å². The fourth-order valence-electron chi connectivity index (χ4n) is 10.4. The van der Waals surface area contributed by atoms with Crippen molar-refractivity contribution in [1.29, 1.82) is 0 Å². The summed E-state index contributed by atoms with van der Waals surface area (Å²) in [6.45, 7) is 17.3. The van der Waals surface area contributed by atoms with Gasteiger partial charge in [0.1, 0.15) is 34.5 Å². The van der Waals surface area contributed by atoms with Crippen LogP contribution in [0.3, 0.4) is 0 Å². The van der Waals surface area contributed by atoms with Gasteiger partial charge >= 0.3 is 0 Å². The number of hydrogen-bond donors (Lipinski definition) is 0. The fourth-order valence-corrected chi connectivity index (χ4v) is 10.4. The first kappa shape index (κ1) is 74.1. The molecule has 7 rings (SSSR count). The molecule has 0 bridgehead atoms. The van der Waals surface area contributed by atoms with E-state index in [-0.39, 0.29) is 0 Å². The molecule has 0 aromatic heterocycles. The SMILES string of the molecule is CCCCCCOc1ccc(C#Cc2c(C#Cc3ccc(OCCCCCC)cc3)c(C#Cc3ccc(OCCCCCC)cc3)c(C#Cc3ccc(OCCCCCC)cc3)c(C#Cc3ccc(OCCCCCC)cc3)c2C#Cc2ccc(OCCCCCC)cc2)cc1. The van der Waals surface area contributed by atoms with Crippen LogP contribution >= 0.6 is 0 Å². The lowest BCUT2D eigenvalue weighted by Gasteiger charge is -2.13. The van der Waals surface area contributed by atoms with Crippen LogP contribution in [0.1, 0.15) is 262 Å². The zero-order chi connectivity index (χ0) is 67.3. The summed E-state index contributed by atoms with van der Waals surface area (Å²) in [7, 11) is 0. The lowest BCUT2D eigenvalue weighted by molar-refractivity contribution is 0.305. The van der Waals surface area contributed by atoms with Crippen molar-refractivity contribution in [3.05, 3.63) is 212 Å². The summed E-state index contributed by atoms with van der Waals surface area (Å²) in [4.78, 5) is 0. The molecule has 0 spiro atoms. The van der Waals surface area contributed by atoms with Gasteiger partial charge in [0, 0.05) is 33.4 Å². The van der Waals surface area contributed by atoms with E-state index in [2.05, 4.69) is 113 Å². The van der Waals surface area contributed by atoms with Crippen LogP contribution < -0.4 is 28.4 Å². The van der Waals surface area contributed by atoms with Gasteiger partial charge in [0.2, 0.25) is 0 Å². The van der Waals surface area contributed by atoms with Crippen LogP contribution in [0.25, 0.3) is 0 Å². The van der Waals surface area contributed by atoms with E-state index in [4.69, 9.17) is 28.4 Å². The molecule has 0 saturated heterocycles. The van der Waals surface area contributed by atoms with E-state index in [0.717, 1.165) is 145 Å². The molecule has 7 aromatic carbocycles. The molecule has 6 nitrogen and oxygen atoms in total. The summed E-state index contributed by atoms with van der Waals surface area (Å²) in [6.07, 6.45) is 27.1. The van der Waals surface area contributed by atoms with Crippen molar-refractivity contribution >= 4 is 0 Å². The van der Waals surface area contributed by atoms with Crippen molar-refractivity contribution in [3.8, 4) is 106 Å². The summed E-state index contributed by atoms with van der Waals surface area (Å²) in [5, 5.41) is 0. The summed E-state index contributed by atoms with van der Waals surface area (Å²) in [5.74, 6) is 48.2. The normalized spacial score (nSPS) is 10.3. The van der Waals surface area contributed by atoms with Gasteiger partial charge < -0.3 is 28.4 Å². The predicted octanol–water partition coefficient (Wildman–Crippen LogP) is 21.8. The van der Waals surface area contributed by atoms with E-state index in [9.17, 15) is 0 Å². The van der Waals surface area contributed by atoms with Crippen molar-refractivity contribution in [2.45, 2.75) is 196 Å². The molecule has 0 atom stereocenters. The molecule has 6 heteroatoms. The molecule has 7 aromatic rings. The standard InChI is InChI=1S/C90H102O6/c1-7-13-19-25-67-91-79-49-31-73(32-50-79)43-61-85-86(62-44-74-33-51-80(52-34-74)92-68-26-20-14-8-2)88(64-46-76-37-55-82(56-38-76)94-70-28-22-16-10-4)90(66-48-78-41-59-84(60-42-78)96-72-30-24-18-12-6)89(65-47-77-39-57-83(58-40-77)95-71-29-23-17-11-5)87(85)63-45-75-35-53-81(54-36-75)93-69-27-21-15-9-3/h31-42,49-60H,7-30,67-72H2,1-6H3. The van der Waals surface area contributed by atoms with Crippen LogP contribution in [0.5, 0.6) is 34.5 Å². The van der Waals surface area contributed by atoms with Gasteiger partial charge in [-0.3, -0.25) is 0 Å². The molecular formula is C90H102O6. The number of hydrogen-bond acceptors (Lipinski definition) is 6. The Morgan fingerprint density at radius 3 is 0.427 bits per heavy atom. The lowest BCUT2D eigenvalue weighted by Crippen LogP contribution is -2.05. The van der Waals surface area contributed by atoms with Crippen molar-refractivity contribution in [2.24, 2.45) is 0 Å². The van der Waals surface area contributed by atoms with Gasteiger partial charge in [0.15, 0.2) is 0 Å². The van der Waals surface area contributed by atoms with Crippen molar-refractivity contribution in [3.63, 3.8) is 0 Å². The van der Waals surface area contributed by atoms with Gasteiger partial charge in [-0.25, -0.2) is 0 Å². The van der Waals surface area contributed by atoms with E-state index >= 15 is 0 Å². The highest BCUT2D eigenvalue weighted by molar-refractivity contribution is 5.78. The van der Waals surface area contributed by atoms with Gasteiger partial charge in [-0.05, 0) is 184 Å². The number of rotatable bonds is 36. The third kappa shape index (κ3) is 27.6. The molecule has 0 aliphatic heterocycles. The van der Waals surface area contributed by atoms with E-state index in [1.165, 1.54) is 77.0 Å². The van der Waals surface area contributed by atoms with Gasteiger partial charge in [-0.15, -0.1) is 0 Å². The first-order chi connectivity index (χ1) is 47.4. The number of ether oxygens (including phenoxy) is 6. The molecule has 0 fully saturated rings. The maximum atomic E-state index is 6.21. The zero-order valence-corrected chi connectivity index (χ0v) is 58.5. The monoisotopic (exact) mass is 1280 g/mol. The molecule has 0 amide bonds. The first-order valence-corrected chi connectivity index (χ1v) is 36.1. The smallest absolute Gasteiger partial charge is 0.119 e. The lowest BCUT2D eigenvalue weighted by atomic mass is 9.86. The van der Waals surface area contributed by atoms with Gasteiger partial charge in [0.25, 0.3) is 0 Å². The average Bonchev–Trinajstić information content (AvgIpc) is 0.771. The van der Waals surface area contributed by atoms with Crippen LogP contribution in [0.15, 0.2) is 146 Å². The van der Waals surface area contributed by atoms with Crippen LogP contribution in [0.2, 0.25) is 0 Å². The van der Waals surface area contributed by atoms with Crippen molar-refractivity contribution in [2.75, 3.05) is 39.6 Å². The number of benzene rings is 7. The minimum Gasteiger partial charge on any atom is -0.494 e. The fraction of sp³-hybridized carbons (Fsp3) is 0.400. The Hall–Kier alpha value is -9.30. The summed E-state index contributed by atoms with van der Waals surface area (Å²) in [5.41, 5.74) is 8.18. The van der Waals surface area contributed by atoms with Crippen molar-refractivity contribution < 1.29 is 28.4 Å². The van der Waals surface area contributed by atoms with E-state index < -0.39 is 0 Å². The number of unbranched alkanes of at least 4 members (excludes halogenated alkanes) is 18. The molecule has 96 heavy (non-hydrogen) atoms. The van der Waals surface area contributed by atoms with Crippen LogP contribution in [0, 0.1) is 71.0 Å². The average molecular weight is 1280 g/mol. The molecule has 0 N–H and O–H groups in total. The maximum absolute atomic E-state index is 6.21. The molecule has 0 aliphatic carbocycles. The van der Waals surface area contributed by atoms with Gasteiger partial charge in [-0.2, -0.15) is 0 Å². The Labute approximate surface area is 578 Å². The summed E-state index contributed by atoms with van der Waals surface area (Å²) in [6, 6.07) is 48.0. The topological polar surface area (TPSA) is 55.4 Å². The van der Waals surface area contributed by atoms with E-state index in [1.54, 1.807) is 0 Å². The molecule has 498 valence electrons. The zero-order valence-electron chi connectivity index (χ0n) is 58.5. The maximum Gasteiger partial charge on any atom is 0.119 e. The minimum absolute atomic E-state index is 0.573. The van der Waals surface area contributed by atoms with Crippen molar-refractivity contribution in [1.82, 2.24) is 0 Å². The Morgan fingerprint density at radius 2 is 0.302 bits per heavy atom.